The highest BCUT2D eigenvalue weighted by molar-refractivity contribution is 9.10. The van der Waals surface area contributed by atoms with Crippen LogP contribution in [0.5, 0.6) is 0 Å². The number of rotatable bonds is 4. The van der Waals surface area contributed by atoms with Crippen LogP contribution in [0.2, 0.25) is 0 Å². The Balaban J connectivity index is 2.51. The van der Waals surface area contributed by atoms with E-state index in [4.69, 9.17) is 5.73 Å². The van der Waals surface area contributed by atoms with Gasteiger partial charge in [-0.05, 0) is 24.7 Å². The topological polar surface area (TPSA) is 46.3 Å². The highest BCUT2D eigenvalue weighted by atomic mass is 79.9. The number of hydrogen-bond acceptors (Lipinski definition) is 2. The summed E-state index contributed by atoms with van der Waals surface area (Å²) >= 11 is 3.36. The SMILES string of the molecule is CN(CC(N)=O)Cc1ccc(Br)cc1. The molecule has 0 bridgehead atoms. The Kier molecular flexibility index (Phi) is 4.10. The van der Waals surface area contributed by atoms with Crippen LogP contribution in [0.3, 0.4) is 0 Å². The number of hydrogen-bond donors (Lipinski definition) is 1. The Bertz CT molecular complexity index is 310. The molecule has 0 spiro atoms. The highest BCUT2D eigenvalue weighted by Crippen LogP contribution is 2.11. The van der Waals surface area contributed by atoms with Crippen molar-refractivity contribution >= 4 is 21.8 Å². The maximum Gasteiger partial charge on any atom is 0.231 e. The van der Waals surface area contributed by atoms with Gasteiger partial charge < -0.3 is 5.73 Å². The summed E-state index contributed by atoms with van der Waals surface area (Å²) in [6.45, 7) is 1.02. The number of benzene rings is 1. The van der Waals surface area contributed by atoms with Crippen molar-refractivity contribution < 1.29 is 4.79 Å². The fraction of sp³-hybridized carbons (Fsp3) is 0.300. The average Bonchev–Trinajstić information content (AvgIpc) is 2.07. The van der Waals surface area contributed by atoms with Gasteiger partial charge in [-0.1, -0.05) is 28.1 Å². The van der Waals surface area contributed by atoms with Crippen molar-refractivity contribution in [1.29, 1.82) is 0 Å². The van der Waals surface area contributed by atoms with Gasteiger partial charge in [-0.25, -0.2) is 0 Å². The predicted octanol–water partition coefficient (Wildman–Crippen LogP) is 1.37. The minimum atomic E-state index is -0.301. The van der Waals surface area contributed by atoms with Crippen LogP contribution >= 0.6 is 15.9 Å². The largest absolute Gasteiger partial charge is 0.369 e. The van der Waals surface area contributed by atoms with Gasteiger partial charge in [-0.2, -0.15) is 0 Å². The first-order valence-corrected chi connectivity index (χ1v) is 5.08. The molecule has 0 heterocycles. The standard InChI is InChI=1S/C10H13BrN2O/c1-13(7-10(12)14)6-8-2-4-9(11)5-3-8/h2-5H,6-7H2,1H3,(H2,12,14). The Labute approximate surface area is 92.0 Å². The molecule has 0 unspecified atom stereocenters. The van der Waals surface area contributed by atoms with E-state index in [0.717, 1.165) is 16.6 Å². The second kappa shape index (κ2) is 5.12. The van der Waals surface area contributed by atoms with Crippen LogP contribution < -0.4 is 5.73 Å². The molecule has 1 amide bonds. The van der Waals surface area contributed by atoms with Gasteiger partial charge in [-0.3, -0.25) is 9.69 Å². The molecule has 0 aliphatic rings. The summed E-state index contributed by atoms with van der Waals surface area (Å²) < 4.78 is 1.05. The van der Waals surface area contributed by atoms with E-state index in [-0.39, 0.29) is 12.5 Å². The molecular formula is C10H13BrN2O. The van der Waals surface area contributed by atoms with E-state index in [1.54, 1.807) is 0 Å². The third-order valence-corrected chi connectivity index (χ3v) is 2.32. The van der Waals surface area contributed by atoms with E-state index >= 15 is 0 Å². The maximum absolute atomic E-state index is 10.6. The van der Waals surface area contributed by atoms with Crippen LogP contribution in [-0.2, 0) is 11.3 Å². The van der Waals surface area contributed by atoms with Gasteiger partial charge in [-0.15, -0.1) is 0 Å². The van der Waals surface area contributed by atoms with Crippen molar-refractivity contribution in [2.24, 2.45) is 5.73 Å². The van der Waals surface area contributed by atoms with Gasteiger partial charge >= 0.3 is 0 Å². The van der Waals surface area contributed by atoms with Crippen molar-refractivity contribution in [3.63, 3.8) is 0 Å². The summed E-state index contributed by atoms with van der Waals surface area (Å²) in [4.78, 5) is 12.5. The van der Waals surface area contributed by atoms with Crippen LogP contribution in [0.1, 0.15) is 5.56 Å². The summed E-state index contributed by atoms with van der Waals surface area (Å²) in [6.07, 6.45) is 0. The Morgan fingerprint density at radius 1 is 1.43 bits per heavy atom. The third kappa shape index (κ3) is 3.89. The predicted molar refractivity (Wildman–Crippen MR) is 59.7 cm³/mol. The molecule has 4 heteroatoms. The van der Waals surface area contributed by atoms with E-state index in [0.29, 0.717) is 0 Å². The minimum Gasteiger partial charge on any atom is -0.369 e. The van der Waals surface area contributed by atoms with Crippen LogP contribution in [0.25, 0.3) is 0 Å². The fourth-order valence-corrected chi connectivity index (χ4v) is 1.49. The van der Waals surface area contributed by atoms with Gasteiger partial charge in [0.05, 0.1) is 6.54 Å². The number of likely N-dealkylation sites (N-methyl/N-ethyl adjacent to an activating group) is 1. The number of carbonyl (C=O) groups is 1. The molecule has 0 fully saturated rings. The van der Waals surface area contributed by atoms with E-state index in [9.17, 15) is 4.79 Å². The average molecular weight is 257 g/mol. The number of halogens is 1. The number of nitrogens with zero attached hydrogens (tertiary/aromatic N) is 1. The molecule has 3 nitrogen and oxygen atoms in total. The van der Waals surface area contributed by atoms with Crippen LogP contribution in [-0.4, -0.2) is 24.4 Å². The molecule has 0 aromatic heterocycles. The van der Waals surface area contributed by atoms with E-state index < -0.39 is 0 Å². The van der Waals surface area contributed by atoms with E-state index in [2.05, 4.69) is 15.9 Å². The summed E-state index contributed by atoms with van der Waals surface area (Å²) in [5.74, 6) is -0.301. The minimum absolute atomic E-state index is 0.288. The lowest BCUT2D eigenvalue weighted by Crippen LogP contribution is -2.30. The fourth-order valence-electron chi connectivity index (χ4n) is 1.22. The summed E-state index contributed by atoms with van der Waals surface area (Å²) in [6, 6.07) is 7.99. The first-order chi connectivity index (χ1) is 6.58. The van der Waals surface area contributed by atoms with Crippen molar-refractivity contribution in [2.45, 2.75) is 6.54 Å². The first kappa shape index (κ1) is 11.2. The Morgan fingerprint density at radius 2 is 2.00 bits per heavy atom. The molecule has 0 aliphatic carbocycles. The summed E-state index contributed by atoms with van der Waals surface area (Å²) in [5.41, 5.74) is 6.25. The molecule has 0 saturated heterocycles. The molecule has 1 aromatic rings. The lowest BCUT2D eigenvalue weighted by molar-refractivity contribution is -0.118. The number of nitrogens with two attached hydrogens (primary N) is 1. The molecule has 0 atom stereocenters. The molecule has 2 N–H and O–H groups in total. The van der Waals surface area contributed by atoms with Crippen LogP contribution in [0, 0.1) is 0 Å². The smallest absolute Gasteiger partial charge is 0.231 e. The molecule has 0 aliphatic heterocycles. The zero-order valence-electron chi connectivity index (χ0n) is 8.03. The van der Waals surface area contributed by atoms with Gasteiger partial charge in [0.15, 0.2) is 0 Å². The van der Waals surface area contributed by atoms with Crippen LogP contribution in [0.4, 0.5) is 0 Å². The van der Waals surface area contributed by atoms with Gasteiger partial charge in [0, 0.05) is 11.0 Å². The van der Waals surface area contributed by atoms with Crippen LogP contribution in [0.15, 0.2) is 28.7 Å². The zero-order valence-corrected chi connectivity index (χ0v) is 9.62. The van der Waals surface area contributed by atoms with Crippen molar-refractivity contribution in [2.75, 3.05) is 13.6 Å². The first-order valence-electron chi connectivity index (χ1n) is 4.29. The lowest BCUT2D eigenvalue weighted by Gasteiger charge is -2.14. The van der Waals surface area contributed by atoms with Gasteiger partial charge in [0.1, 0.15) is 0 Å². The van der Waals surface area contributed by atoms with Gasteiger partial charge in [0.25, 0.3) is 0 Å². The molecule has 1 rings (SSSR count). The number of amides is 1. The van der Waals surface area contributed by atoms with Gasteiger partial charge in [0.2, 0.25) is 5.91 Å². The molecular weight excluding hydrogens is 244 g/mol. The monoisotopic (exact) mass is 256 g/mol. The quantitative estimate of drug-likeness (QED) is 0.885. The third-order valence-electron chi connectivity index (χ3n) is 1.79. The molecule has 0 radical (unpaired) electrons. The van der Waals surface area contributed by atoms with E-state index in [1.807, 2.05) is 36.2 Å². The Morgan fingerprint density at radius 3 is 2.50 bits per heavy atom. The highest BCUT2D eigenvalue weighted by Gasteiger charge is 2.02. The van der Waals surface area contributed by atoms with Crippen molar-refractivity contribution in [3.8, 4) is 0 Å². The zero-order chi connectivity index (χ0) is 10.6. The normalized spacial score (nSPS) is 10.5. The van der Waals surface area contributed by atoms with Crippen molar-refractivity contribution in [1.82, 2.24) is 4.90 Å². The maximum atomic E-state index is 10.6. The number of carbonyl (C=O) groups excluding carboxylic acids is 1. The lowest BCUT2D eigenvalue weighted by atomic mass is 10.2. The number of primary amides is 1. The summed E-state index contributed by atoms with van der Waals surface area (Å²) in [7, 11) is 1.87. The van der Waals surface area contributed by atoms with Crippen molar-refractivity contribution in [3.05, 3.63) is 34.3 Å². The molecule has 14 heavy (non-hydrogen) atoms. The molecule has 0 saturated carbocycles. The molecule has 1 aromatic carbocycles. The van der Waals surface area contributed by atoms with E-state index in [1.165, 1.54) is 0 Å². The second-order valence-corrected chi connectivity index (χ2v) is 4.18. The summed E-state index contributed by atoms with van der Waals surface area (Å²) in [5, 5.41) is 0. The Hall–Kier alpha value is -0.870. The molecule has 76 valence electrons. The second-order valence-electron chi connectivity index (χ2n) is 3.27.